The van der Waals surface area contributed by atoms with Gasteiger partial charge >= 0.3 is 5.69 Å². The highest BCUT2D eigenvalue weighted by Crippen LogP contribution is 2.20. The van der Waals surface area contributed by atoms with Crippen molar-refractivity contribution in [3.05, 3.63) is 80.5 Å². The van der Waals surface area contributed by atoms with Crippen LogP contribution in [0.5, 0.6) is 11.6 Å². The summed E-state index contributed by atoms with van der Waals surface area (Å²) in [6.07, 6.45) is 0. The highest BCUT2D eigenvalue weighted by atomic mass is 16.5. The molecule has 3 rings (SSSR count). The summed E-state index contributed by atoms with van der Waals surface area (Å²) in [7, 11) is 1.53. The molecule has 0 saturated heterocycles. The van der Waals surface area contributed by atoms with E-state index >= 15 is 0 Å². The fraction of sp³-hybridized carbons (Fsp3) is 0.150. The number of aromatic nitrogens is 2. The predicted molar refractivity (Wildman–Crippen MR) is 108 cm³/mol. The molecule has 8 heteroatoms. The molecular weight excluding hydrogens is 360 g/mol. The van der Waals surface area contributed by atoms with Gasteiger partial charge in [-0.15, -0.1) is 0 Å². The van der Waals surface area contributed by atoms with Crippen LogP contribution in [0, 0.1) is 6.92 Å². The number of hydrogen-bond acceptors (Lipinski definition) is 6. The number of aryl methyl sites for hydroxylation is 1. The second-order valence-corrected chi connectivity index (χ2v) is 6.12. The van der Waals surface area contributed by atoms with Crippen LogP contribution in [-0.4, -0.2) is 27.5 Å². The minimum absolute atomic E-state index is 0.100. The van der Waals surface area contributed by atoms with Gasteiger partial charge in [0.05, 0.1) is 24.2 Å². The lowest BCUT2D eigenvalue weighted by Gasteiger charge is -2.12. The molecule has 144 valence electrons. The summed E-state index contributed by atoms with van der Waals surface area (Å²) < 4.78 is 6.10. The Balaban J connectivity index is 2.06. The van der Waals surface area contributed by atoms with Crippen molar-refractivity contribution in [3.63, 3.8) is 0 Å². The first-order valence-electron chi connectivity index (χ1n) is 8.51. The molecule has 0 atom stereocenters. The summed E-state index contributed by atoms with van der Waals surface area (Å²) in [5, 5.41) is 14.8. The molecule has 0 aliphatic carbocycles. The number of aromatic amines is 1. The van der Waals surface area contributed by atoms with Gasteiger partial charge in [-0.2, -0.15) is 5.10 Å². The largest absolute Gasteiger partial charge is 0.497 e. The third-order valence-electron chi connectivity index (χ3n) is 4.27. The molecule has 0 radical (unpaired) electrons. The smallest absolute Gasteiger partial charge is 0.335 e. The summed E-state index contributed by atoms with van der Waals surface area (Å²) in [6.45, 7) is 3.49. The van der Waals surface area contributed by atoms with Gasteiger partial charge in [-0.25, -0.2) is 9.36 Å². The number of aromatic hydroxyl groups is 1. The fourth-order valence-corrected chi connectivity index (χ4v) is 2.72. The first kappa shape index (κ1) is 19.0. The van der Waals surface area contributed by atoms with Crippen LogP contribution in [-0.2, 0) is 0 Å². The van der Waals surface area contributed by atoms with Crippen molar-refractivity contribution in [1.29, 1.82) is 0 Å². The van der Waals surface area contributed by atoms with Crippen molar-refractivity contribution in [3.8, 4) is 17.3 Å². The Labute approximate surface area is 160 Å². The minimum Gasteiger partial charge on any atom is -0.497 e. The SMILES string of the molecule is COc1ccc(-n2c(O)c(/C(C)=N/Nc3ccccc3C)c(=O)[nH]c2=O)cc1. The molecule has 3 aromatic rings. The highest BCUT2D eigenvalue weighted by molar-refractivity contribution is 6.00. The van der Waals surface area contributed by atoms with E-state index in [9.17, 15) is 14.7 Å². The van der Waals surface area contributed by atoms with Gasteiger partial charge in [0.1, 0.15) is 11.3 Å². The molecule has 3 N–H and O–H groups in total. The molecule has 1 heterocycles. The van der Waals surface area contributed by atoms with Crippen molar-refractivity contribution in [2.75, 3.05) is 12.5 Å². The Morgan fingerprint density at radius 3 is 2.46 bits per heavy atom. The van der Waals surface area contributed by atoms with E-state index in [0.717, 1.165) is 15.8 Å². The van der Waals surface area contributed by atoms with Gasteiger partial charge < -0.3 is 9.84 Å². The zero-order chi connectivity index (χ0) is 20.3. The van der Waals surface area contributed by atoms with Gasteiger partial charge in [0.15, 0.2) is 0 Å². The van der Waals surface area contributed by atoms with E-state index in [1.807, 2.05) is 31.2 Å². The Morgan fingerprint density at radius 2 is 1.82 bits per heavy atom. The van der Waals surface area contributed by atoms with E-state index in [-0.39, 0.29) is 11.3 Å². The zero-order valence-electron chi connectivity index (χ0n) is 15.7. The van der Waals surface area contributed by atoms with Crippen molar-refractivity contribution >= 4 is 11.4 Å². The number of H-pyrrole nitrogens is 1. The molecule has 0 aliphatic rings. The van der Waals surface area contributed by atoms with E-state index in [0.29, 0.717) is 11.4 Å². The molecule has 0 spiro atoms. The lowest BCUT2D eigenvalue weighted by Crippen LogP contribution is -2.32. The fourth-order valence-electron chi connectivity index (χ4n) is 2.72. The van der Waals surface area contributed by atoms with Crippen LogP contribution in [0.4, 0.5) is 5.69 Å². The van der Waals surface area contributed by atoms with Gasteiger partial charge in [-0.05, 0) is 49.7 Å². The molecule has 28 heavy (non-hydrogen) atoms. The molecule has 0 bridgehead atoms. The number of para-hydroxylation sites is 1. The maximum absolute atomic E-state index is 12.3. The van der Waals surface area contributed by atoms with E-state index in [2.05, 4.69) is 15.5 Å². The van der Waals surface area contributed by atoms with Crippen LogP contribution in [0.25, 0.3) is 5.69 Å². The van der Waals surface area contributed by atoms with Crippen LogP contribution < -0.4 is 21.4 Å². The monoisotopic (exact) mass is 380 g/mol. The van der Waals surface area contributed by atoms with Crippen LogP contribution in [0.3, 0.4) is 0 Å². The first-order valence-corrected chi connectivity index (χ1v) is 8.51. The number of rotatable bonds is 5. The molecule has 8 nitrogen and oxygen atoms in total. The number of ether oxygens (including phenoxy) is 1. The summed E-state index contributed by atoms with van der Waals surface area (Å²) >= 11 is 0. The van der Waals surface area contributed by atoms with E-state index in [1.165, 1.54) is 7.11 Å². The number of methoxy groups -OCH3 is 1. The third-order valence-corrected chi connectivity index (χ3v) is 4.27. The van der Waals surface area contributed by atoms with Crippen molar-refractivity contribution in [1.82, 2.24) is 9.55 Å². The average molecular weight is 380 g/mol. The first-order chi connectivity index (χ1) is 13.4. The van der Waals surface area contributed by atoms with Crippen LogP contribution in [0.2, 0.25) is 0 Å². The summed E-state index contributed by atoms with van der Waals surface area (Å²) in [5.74, 6) is 0.105. The molecular formula is C20H20N4O4. The molecule has 0 unspecified atom stereocenters. The zero-order valence-corrected chi connectivity index (χ0v) is 15.7. The molecule has 2 aromatic carbocycles. The van der Waals surface area contributed by atoms with Gasteiger partial charge in [-0.1, -0.05) is 18.2 Å². The maximum atomic E-state index is 12.3. The number of anilines is 1. The summed E-state index contributed by atoms with van der Waals surface area (Å²) in [4.78, 5) is 26.8. The molecule has 0 amide bonds. The standard InChI is InChI=1S/C20H20N4O4/c1-12-6-4-5-7-16(12)23-22-13(2)17-18(25)21-20(27)24(19(17)26)14-8-10-15(28-3)11-9-14/h4-11,23,26H,1-3H3,(H,21,25,27)/b22-13+. The lowest BCUT2D eigenvalue weighted by atomic mass is 10.2. The van der Waals surface area contributed by atoms with Gasteiger partial charge in [0.25, 0.3) is 5.56 Å². The molecule has 0 fully saturated rings. The Bertz CT molecular complexity index is 1140. The van der Waals surface area contributed by atoms with Crippen molar-refractivity contribution in [2.24, 2.45) is 5.10 Å². The van der Waals surface area contributed by atoms with Gasteiger partial charge in [-0.3, -0.25) is 15.2 Å². The number of benzene rings is 2. The number of nitrogens with one attached hydrogen (secondary N) is 2. The van der Waals surface area contributed by atoms with Crippen LogP contribution in [0.1, 0.15) is 18.1 Å². The molecule has 0 aliphatic heterocycles. The van der Waals surface area contributed by atoms with Gasteiger partial charge in [0, 0.05) is 0 Å². The molecule has 1 aromatic heterocycles. The van der Waals surface area contributed by atoms with Crippen molar-refractivity contribution in [2.45, 2.75) is 13.8 Å². The van der Waals surface area contributed by atoms with Crippen LogP contribution >= 0.6 is 0 Å². The quantitative estimate of drug-likeness (QED) is 0.465. The van der Waals surface area contributed by atoms with Gasteiger partial charge in [0.2, 0.25) is 5.88 Å². The Morgan fingerprint density at radius 1 is 1.14 bits per heavy atom. The van der Waals surface area contributed by atoms with Crippen molar-refractivity contribution < 1.29 is 9.84 Å². The van der Waals surface area contributed by atoms with Crippen LogP contribution in [0.15, 0.2) is 63.2 Å². The number of hydrazone groups is 1. The number of nitrogens with zero attached hydrogens (tertiary/aromatic N) is 2. The highest BCUT2D eigenvalue weighted by Gasteiger charge is 2.18. The molecule has 0 saturated carbocycles. The Hall–Kier alpha value is -3.81. The third kappa shape index (κ3) is 3.66. The minimum atomic E-state index is -0.754. The number of hydrogen-bond donors (Lipinski definition) is 3. The van der Waals surface area contributed by atoms with E-state index < -0.39 is 17.1 Å². The summed E-state index contributed by atoms with van der Waals surface area (Å²) in [6, 6.07) is 14.0. The maximum Gasteiger partial charge on any atom is 0.335 e. The predicted octanol–water partition coefficient (Wildman–Crippen LogP) is 2.38. The summed E-state index contributed by atoms with van der Waals surface area (Å²) in [5.41, 5.74) is 3.64. The second kappa shape index (κ2) is 7.83. The lowest BCUT2D eigenvalue weighted by molar-refractivity contribution is 0.414. The second-order valence-electron chi connectivity index (χ2n) is 6.12. The van der Waals surface area contributed by atoms with E-state index in [4.69, 9.17) is 4.74 Å². The Kier molecular flexibility index (Phi) is 5.30. The van der Waals surface area contributed by atoms with E-state index in [1.54, 1.807) is 31.2 Å². The topological polar surface area (TPSA) is 109 Å². The average Bonchev–Trinajstić information content (AvgIpc) is 2.67. The normalized spacial score (nSPS) is 11.3.